The van der Waals surface area contributed by atoms with Crippen LogP contribution in [0.1, 0.15) is 19.3 Å². The van der Waals surface area contributed by atoms with E-state index in [1.165, 1.54) is 0 Å². The van der Waals surface area contributed by atoms with Crippen molar-refractivity contribution in [2.24, 2.45) is 10.9 Å². The number of oxazole rings is 1. The average molecular weight is 405 g/mol. The van der Waals surface area contributed by atoms with Crippen molar-refractivity contribution in [1.29, 1.82) is 0 Å². The summed E-state index contributed by atoms with van der Waals surface area (Å²) in [6.45, 7) is 1.44. The number of halogens is 1. The number of nitrogens with two attached hydrogens (primary N) is 1. The summed E-state index contributed by atoms with van der Waals surface area (Å²) in [6.07, 6.45) is 3.16. The number of benzene rings is 2. The van der Waals surface area contributed by atoms with Crippen LogP contribution in [0.25, 0.3) is 33.5 Å². The molecule has 0 radical (unpaired) electrons. The zero-order valence-corrected chi connectivity index (χ0v) is 16.2. The Balaban J connectivity index is 1.46. The maximum absolute atomic E-state index is 13.1. The fraction of sp³-hybridized carbons (Fsp3) is 0.318. The molecule has 8 heteroatoms. The molecule has 30 heavy (non-hydrogen) atoms. The molecule has 0 spiro atoms. The number of nitrogens with zero attached hydrogens (tertiary/aromatic N) is 4. The molecule has 1 fully saturated rings. The van der Waals surface area contributed by atoms with Gasteiger partial charge in [-0.2, -0.15) is 4.98 Å². The van der Waals surface area contributed by atoms with E-state index in [9.17, 15) is 4.39 Å². The number of aromatic nitrogens is 3. The summed E-state index contributed by atoms with van der Waals surface area (Å²) in [5.74, 6) is 1.84. The summed E-state index contributed by atoms with van der Waals surface area (Å²) in [7, 11) is 0. The van der Waals surface area contributed by atoms with Crippen LogP contribution in [-0.2, 0) is 6.54 Å². The first kappa shape index (κ1) is 17.4. The minimum Gasteiger partial charge on any atom is -0.491 e. The first-order chi connectivity index (χ1) is 14.6. The maximum atomic E-state index is 13.1. The molecule has 0 bridgehead atoms. The van der Waals surface area contributed by atoms with Crippen molar-refractivity contribution in [3.63, 3.8) is 0 Å². The topological polar surface area (TPSA) is 91.5 Å². The second kappa shape index (κ2) is 6.55. The number of alkyl halides is 1. The summed E-state index contributed by atoms with van der Waals surface area (Å²) >= 11 is 0. The lowest BCUT2D eigenvalue weighted by atomic mass is 9.84. The Morgan fingerprint density at radius 2 is 2.07 bits per heavy atom. The zero-order chi connectivity index (χ0) is 20.2. The van der Waals surface area contributed by atoms with Crippen LogP contribution < -0.4 is 10.5 Å². The SMILES string of the molecule is Nc1nc2cc(-c3nc4cc(N=CC5CC(F)C5)cc5c4n3CCCO5)ccc2o1. The van der Waals surface area contributed by atoms with Gasteiger partial charge in [0.05, 0.1) is 17.8 Å². The van der Waals surface area contributed by atoms with Crippen molar-refractivity contribution in [2.45, 2.75) is 32.0 Å². The van der Waals surface area contributed by atoms with Crippen LogP contribution in [0.5, 0.6) is 5.75 Å². The lowest BCUT2D eigenvalue weighted by Gasteiger charge is -2.25. The van der Waals surface area contributed by atoms with Crippen molar-refractivity contribution >= 4 is 40.0 Å². The fourth-order valence-corrected chi connectivity index (χ4v) is 4.23. The molecule has 1 aliphatic heterocycles. The largest absolute Gasteiger partial charge is 0.491 e. The van der Waals surface area contributed by atoms with Crippen LogP contribution in [0.15, 0.2) is 39.7 Å². The number of hydrogen-bond acceptors (Lipinski definition) is 6. The van der Waals surface area contributed by atoms with Gasteiger partial charge in [-0.05, 0) is 49.4 Å². The van der Waals surface area contributed by atoms with Gasteiger partial charge in [0, 0.05) is 24.4 Å². The zero-order valence-electron chi connectivity index (χ0n) is 16.2. The fourth-order valence-electron chi connectivity index (χ4n) is 4.23. The molecule has 7 nitrogen and oxygen atoms in total. The van der Waals surface area contributed by atoms with E-state index in [0.717, 1.165) is 46.8 Å². The minimum atomic E-state index is -0.687. The summed E-state index contributed by atoms with van der Waals surface area (Å²) in [5, 5.41) is 0. The normalized spacial score (nSPS) is 21.1. The van der Waals surface area contributed by atoms with Gasteiger partial charge in [0.15, 0.2) is 5.58 Å². The molecule has 152 valence electrons. The Hall–Kier alpha value is -3.42. The van der Waals surface area contributed by atoms with Crippen molar-refractivity contribution < 1.29 is 13.5 Å². The number of hydrogen-bond donors (Lipinski definition) is 1. The summed E-state index contributed by atoms with van der Waals surface area (Å²) in [6, 6.07) is 9.82. The van der Waals surface area contributed by atoms with Crippen LogP contribution in [-0.4, -0.2) is 33.5 Å². The molecule has 2 aromatic heterocycles. The first-order valence-electron chi connectivity index (χ1n) is 10.2. The van der Waals surface area contributed by atoms with Crippen LogP contribution in [0.2, 0.25) is 0 Å². The van der Waals surface area contributed by atoms with E-state index in [2.05, 4.69) is 14.5 Å². The van der Waals surface area contributed by atoms with Crippen molar-refractivity contribution in [1.82, 2.24) is 14.5 Å². The highest BCUT2D eigenvalue weighted by Gasteiger charge is 2.27. The highest BCUT2D eigenvalue weighted by molar-refractivity contribution is 5.90. The number of aliphatic imine (C=N–C) groups is 1. The van der Waals surface area contributed by atoms with E-state index in [1.54, 1.807) is 0 Å². The monoisotopic (exact) mass is 405 g/mol. The van der Waals surface area contributed by atoms with Gasteiger partial charge in [-0.25, -0.2) is 9.37 Å². The van der Waals surface area contributed by atoms with Gasteiger partial charge < -0.3 is 19.5 Å². The van der Waals surface area contributed by atoms with Crippen LogP contribution in [0.4, 0.5) is 16.1 Å². The van der Waals surface area contributed by atoms with E-state index in [1.807, 2.05) is 36.5 Å². The first-order valence-corrected chi connectivity index (χ1v) is 10.2. The van der Waals surface area contributed by atoms with Crippen molar-refractivity contribution in [2.75, 3.05) is 12.3 Å². The van der Waals surface area contributed by atoms with Gasteiger partial charge in [-0.3, -0.25) is 4.99 Å². The maximum Gasteiger partial charge on any atom is 0.292 e. The van der Waals surface area contributed by atoms with Crippen LogP contribution in [0.3, 0.4) is 0 Å². The molecule has 2 aliphatic rings. The molecule has 3 heterocycles. The molecular weight excluding hydrogens is 385 g/mol. The molecule has 4 aromatic rings. The van der Waals surface area contributed by atoms with E-state index in [4.69, 9.17) is 19.9 Å². The van der Waals surface area contributed by atoms with Gasteiger partial charge in [-0.1, -0.05) is 0 Å². The quantitative estimate of drug-likeness (QED) is 0.501. The Morgan fingerprint density at radius 1 is 1.17 bits per heavy atom. The Morgan fingerprint density at radius 3 is 2.93 bits per heavy atom. The van der Waals surface area contributed by atoms with Crippen molar-refractivity contribution in [3.8, 4) is 17.1 Å². The number of nitrogen functional groups attached to an aromatic ring is 1. The Labute approximate surface area is 171 Å². The molecule has 1 saturated carbocycles. The highest BCUT2D eigenvalue weighted by Crippen LogP contribution is 2.38. The van der Waals surface area contributed by atoms with Crippen molar-refractivity contribution in [3.05, 3.63) is 30.3 Å². The summed E-state index contributed by atoms with van der Waals surface area (Å²) < 4.78 is 26.7. The second-order valence-corrected chi connectivity index (χ2v) is 7.94. The third kappa shape index (κ3) is 2.82. The Bertz CT molecular complexity index is 1300. The number of fused-ring (bicyclic) bond motifs is 1. The van der Waals surface area contributed by atoms with E-state index in [0.29, 0.717) is 30.5 Å². The predicted molar refractivity (Wildman–Crippen MR) is 113 cm³/mol. The minimum absolute atomic E-state index is 0.150. The average Bonchev–Trinajstić information content (AvgIpc) is 3.18. The van der Waals surface area contributed by atoms with Gasteiger partial charge in [0.2, 0.25) is 0 Å². The predicted octanol–water partition coefficient (Wildman–Crippen LogP) is 4.66. The lowest BCUT2D eigenvalue weighted by Crippen LogP contribution is -2.25. The third-order valence-corrected chi connectivity index (χ3v) is 5.79. The summed E-state index contributed by atoms with van der Waals surface area (Å²) in [4.78, 5) is 13.7. The summed E-state index contributed by atoms with van der Waals surface area (Å²) in [5.41, 5.74) is 10.5. The lowest BCUT2D eigenvalue weighted by molar-refractivity contribution is 0.176. The molecule has 6 rings (SSSR count). The molecule has 1 aliphatic carbocycles. The molecule has 2 aromatic carbocycles. The van der Waals surface area contributed by atoms with E-state index < -0.39 is 6.17 Å². The molecule has 0 saturated heterocycles. The number of rotatable bonds is 3. The van der Waals surface area contributed by atoms with Crippen LogP contribution in [0, 0.1) is 5.92 Å². The second-order valence-electron chi connectivity index (χ2n) is 7.94. The molecule has 0 atom stereocenters. The van der Waals surface area contributed by atoms with Gasteiger partial charge in [0.25, 0.3) is 6.01 Å². The molecular formula is C22H20FN5O2. The van der Waals surface area contributed by atoms with E-state index in [-0.39, 0.29) is 11.9 Å². The molecule has 2 N–H and O–H groups in total. The smallest absolute Gasteiger partial charge is 0.292 e. The Kier molecular flexibility index (Phi) is 3.81. The highest BCUT2D eigenvalue weighted by atomic mass is 19.1. The third-order valence-electron chi connectivity index (χ3n) is 5.79. The number of imidazole rings is 1. The van der Waals surface area contributed by atoms with E-state index >= 15 is 0 Å². The number of aryl methyl sites for hydroxylation is 1. The number of anilines is 1. The van der Waals surface area contributed by atoms with Crippen LogP contribution >= 0.6 is 0 Å². The molecule has 0 amide bonds. The van der Waals surface area contributed by atoms with Gasteiger partial charge >= 0.3 is 0 Å². The van der Waals surface area contributed by atoms with Gasteiger partial charge in [0.1, 0.15) is 28.8 Å². The number of ether oxygens (including phenoxy) is 1. The standard InChI is InChI=1S/C22H20FN5O2/c23-14-6-12(7-14)11-25-15-9-17-20-19(10-15)29-5-1-4-28(20)21(26-17)13-2-3-18-16(8-13)27-22(24)30-18/h2-3,8-12,14H,1,4-7H2,(H2,24,27). The van der Waals surface area contributed by atoms with Gasteiger partial charge in [-0.15, -0.1) is 0 Å². The molecule has 0 unspecified atom stereocenters.